The Morgan fingerprint density at radius 1 is 0.833 bits per heavy atom. The van der Waals surface area contributed by atoms with E-state index >= 15 is 0 Å². The molecule has 2 nitrogen and oxygen atoms in total. The largest absolute Gasteiger partial charge is 0.458 e. The average molecular weight is 385 g/mol. The zero-order valence-electron chi connectivity index (χ0n) is 17.3. The van der Waals surface area contributed by atoms with Crippen molar-refractivity contribution in [2.75, 3.05) is 0 Å². The fourth-order valence-electron chi connectivity index (χ4n) is 5.07. The van der Waals surface area contributed by atoms with Crippen LogP contribution < -0.4 is 21.1 Å². The molecule has 2 aliphatic heterocycles. The summed E-state index contributed by atoms with van der Waals surface area (Å²) in [5.41, 5.74) is 8.10. The molecular weight excluding hydrogens is 365 g/mol. The van der Waals surface area contributed by atoms with Gasteiger partial charge in [0.15, 0.2) is 0 Å². The minimum absolute atomic E-state index is 0.0646. The van der Waals surface area contributed by atoms with E-state index in [2.05, 4.69) is 81.4 Å². The van der Waals surface area contributed by atoms with Gasteiger partial charge in [-0.2, -0.15) is 5.26 Å². The minimum Gasteiger partial charge on any atom is -0.458 e. The highest BCUT2D eigenvalue weighted by Crippen LogP contribution is 2.38. The molecule has 0 fully saturated rings. The van der Waals surface area contributed by atoms with Crippen molar-refractivity contribution in [3.63, 3.8) is 0 Å². The molecule has 0 amide bonds. The monoisotopic (exact) mass is 385 g/mol. The standard InChI is InChI=1S/C27H20BNO/c1-27(2,3)18-10-11-23-22(14-18)28-21-8-4-6-17-12-16(15-29)13-20(25(17)21)19-7-5-9-24(30-23)26(19)28/h4-14H,1-3H3. The van der Waals surface area contributed by atoms with E-state index in [1.807, 2.05) is 12.1 Å². The summed E-state index contributed by atoms with van der Waals surface area (Å²) < 4.78 is 6.39. The molecule has 4 aromatic carbocycles. The number of hydrogen-bond acceptors (Lipinski definition) is 2. The maximum atomic E-state index is 9.58. The third kappa shape index (κ3) is 2.25. The van der Waals surface area contributed by atoms with Crippen LogP contribution in [0.5, 0.6) is 11.5 Å². The van der Waals surface area contributed by atoms with Crippen molar-refractivity contribution in [2.45, 2.75) is 26.2 Å². The Labute approximate surface area is 176 Å². The lowest BCUT2D eigenvalue weighted by Gasteiger charge is -2.34. The van der Waals surface area contributed by atoms with Gasteiger partial charge in [0.05, 0.1) is 11.6 Å². The zero-order valence-corrected chi connectivity index (χ0v) is 17.3. The first kappa shape index (κ1) is 17.4. The molecule has 4 aromatic rings. The van der Waals surface area contributed by atoms with E-state index in [4.69, 9.17) is 4.74 Å². The Bertz CT molecular complexity index is 1420. The number of ether oxygens (including phenoxy) is 1. The highest BCUT2D eigenvalue weighted by Gasteiger charge is 2.39. The third-order valence-corrected chi connectivity index (χ3v) is 6.50. The second-order valence-corrected chi connectivity index (χ2v) is 9.34. The summed E-state index contributed by atoms with van der Waals surface area (Å²) in [5.74, 6) is 1.85. The van der Waals surface area contributed by atoms with Crippen molar-refractivity contribution in [3.8, 4) is 28.7 Å². The predicted octanol–water partition coefficient (Wildman–Crippen LogP) is 4.61. The van der Waals surface area contributed by atoms with Crippen LogP contribution >= 0.6 is 0 Å². The van der Waals surface area contributed by atoms with Crippen molar-refractivity contribution < 1.29 is 4.74 Å². The second kappa shape index (κ2) is 5.77. The first-order valence-electron chi connectivity index (χ1n) is 10.4. The van der Waals surface area contributed by atoms with Gasteiger partial charge in [-0.15, -0.1) is 0 Å². The van der Waals surface area contributed by atoms with E-state index in [0.717, 1.165) is 22.4 Å². The van der Waals surface area contributed by atoms with E-state index in [0.29, 0.717) is 5.56 Å². The van der Waals surface area contributed by atoms with E-state index in [1.54, 1.807) is 0 Å². The molecular formula is C27H20BNO. The summed E-state index contributed by atoms with van der Waals surface area (Å²) in [6.45, 7) is 6.88. The highest BCUT2D eigenvalue weighted by atomic mass is 16.5. The first-order chi connectivity index (χ1) is 14.5. The summed E-state index contributed by atoms with van der Waals surface area (Å²) >= 11 is 0. The predicted molar refractivity (Wildman–Crippen MR) is 124 cm³/mol. The van der Waals surface area contributed by atoms with Gasteiger partial charge >= 0.3 is 0 Å². The molecule has 0 radical (unpaired) electrons. The van der Waals surface area contributed by atoms with E-state index in [9.17, 15) is 5.26 Å². The molecule has 0 aliphatic carbocycles. The maximum absolute atomic E-state index is 9.58. The molecule has 0 unspecified atom stereocenters. The Kier molecular flexibility index (Phi) is 3.34. The lowest BCUT2D eigenvalue weighted by atomic mass is 9.32. The molecule has 2 heterocycles. The van der Waals surface area contributed by atoms with Gasteiger partial charge in [0.1, 0.15) is 11.5 Å². The molecule has 30 heavy (non-hydrogen) atoms. The molecule has 2 aliphatic rings. The van der Waals surface area contributed by atoms with Gasteiger partial charge in [-0.3, -0.25) is 0 Å². The van der Waals surface area contributed by atoms with Crippen LogP contribution in [0.3, 0.4) is 0 Å². The Morgan fingerprint density at radius 3 is 2.47 bits per heavy atom. The molecule has 0 atom stereocenters. The van der Waals surface area contributed by atoms with Gasteiger partial charge in [-0.1, -0.05) is 68.7 Å². The van der Waals surface area contributed by atoms with Crippen molar-refractivity contribution in [2.24, 2.45) is 0 Å². The summed E-state index contributed by atoms with van der Waals surface area (Å²) in [4.78, 5) is 0. The van der Waals surface area contributed by atoms with Gasteiger partial charge < -0.3 is 4.74 Å². The number of hydrogen-bond donors (Lipinski definition) is 0. The SMILES string of the molecule is CC(C)(C)c1ccc2c(c1)B1c3c(cccc3-c3cc(C#N)cc4cccc1c34)O2. The maximum Gasteiger partial charge on any atom is 0.252 e. The molecule has 0 saturated carbocycles. The van der Waals surface area contributed by atoms with Crippen LogP contribution in [0.2, 0.25) is 0 Å². The van der Waals surface area contributed by atoms with Crippen LogP contribution in [0.15, 0.2) is 66.7 Å². The lowest BCUT2D eigenvalue weighted by molar-refractivity contribution is 0.486. The average Bonchev–Trinajstić information content (AvgIpc) is 2.74. The molecule has 0 saturated heterocycles. The second-order valence-electron chi connectivity index (χ2n) is 9.34. The zero-order chi connectivity index (χ0) is 20.6. The van der Waals surface area contributed by atoms with Crippen LogP contribution in [-0.2, 0) is 5.41 Å². The van der Waals surface area contributed by atoms with Gasteiger partial charge in [-0.05, 0) is 68.1 Å². The number of benzene rings is 4. The van der Waals surface area contributed by atoms with E-state index < -0.39 is 0 Å². The molecule has 0 N–H and O–H groups in total. The summed E-state index contributed by atoms with van der Waals surface area (Å²) in [6.07, 6.45) is 0. The fraction of sp³-hybridized carbons (Fsp3) is 0.148. The highest BCUT2D eigenvalue weighted by molar-refractivity contribution is 6.99. The van der Waals surface area contributed by atoms with Crippen molar-refractivity contribution in [1.82, 2.24) is 0 Å². The van der Waals surface area contributed by atoms with Gasteiger partial charge in [0.2, 0.25) is 0 Å². The third-order valence-electron chi connectivity index (χ3n) is 6.50. The molecule has 142 valence electrons. The van der Waals surface area contributed by atoms with Crippen LogP contribution in [0, 0.1) is 11.3 Å². The summed E-state index contributed by atoms with van der Waals surface area (Å²) in [7, 11) is 0. The van der Waals surface area contributed by atoms with E-state index in [-0.39, 0.29) is 12.1 Å². The van der Waals surface area contributed by atoms with Crippen LogP contribution in [0.25, 0.3) is 21.9 Å². The Balaban J connectivity index is 1.75. The van der Waals surface area contributed by atoms with Gasteiger partial charge in [0, 0.05) is 0 Å². The fourth-order valence-corrected chi connectivity index (χ4v) is 5.07. The minimum atomic E-state index is 0.0646. The molecule has 0 spiro atoms. The van der Waals surface area contributed by atoms with E-state index in [1.165, 1.54) is 32.9 Å². The first-order valence-corrected chi connectivity index (χ1v) is 10.4. The number of rotatable bonds is 0. The number of nitrogens with zero attached hydrogens (tertiary/aromatic N) is 1. The van der Waals surface area contributed by atoms with Crippen molar-refractivity contribution in [3.05, 3.63) is 77.9 Å². The Morgan fingerprint density at radius 2 is 1.67 bits per heavy atom. The number of nitriles is 1. The van der Waals surface area contributed by atoms with Gasteiger partial charge in [0.25, 0.3) is 6.71 Å². The van der Waals surface area contributed by atoms with Crippen molar-refractivity contribution in [1.29, 1.82) is 5.26 Å². The van der Waals surface area contributed by atoms with Crippen LogP contribution in [0.1, 0.15) is 31.9 Å². The van der Waals surface area contributed by atoms with Crippen molar-refractivity contribution >= 4 is 33.9 Å². The normalized spacial score (nSPS) is 13.3. The summed E-state index contributed by atoms with van der Waals surface area (Å²) in [6, 6.07) is 25.7. The Hall–Kier alpha value is -3.51. The smallest absolute Gasteiger partial charge is 0.252 e. The van der Waals surface area contributed by atoms with Crippen LogP contribution in [-0.4, -0.2) is 6.71 Å². The summed E-state index contributed by atoms with van der Waals surface area (Å²) in [5, 5.41) is 12.0. The van der Waals surface area contributed by atoms with Crippen LogP contribution in [0.4, 0.5) is 0 Å². The van der Waals surface area contributed by atoms with Gasteiger partial charge in [-0.25, -0.2) is 0 Å². The molecule has 0 aromatic heterocycles. The topological polar surface area (TPSA) is 33.0 Å². The number of fused-ring (bicyclic) bond motifs is 4. The quantitative estimate of drug-likeness (QED) is 0.358. The lowest BCUT2D eigenvalue weighted by Crippen LogP contribution is -2.57. The molecule has 6 rings (SSSR count). The molecule has 3 heteroatoms. The molecule has 0 bridgehead atoms.